The van der Waals surface area contributed by atoms with Crippen molar-refractivity contribution in [3.8, 4) is 5.75 Å². The minimum Gasteiger partial charge on any atom is -0.497 e. The SMILES string of the molecule is CCCCCCCCCCCCCCCOC(=O)c1ccccc1C(=O)OCc1cccc(OC)c1. The van der Waals surface area contributed by atoms with Crippen LogP contribution in [0.5, 0.6) is 5.75 Å². The Labute approximate surface area is 217 Å². The maximum atomic E-state index is 12.6. The molecule has 0 N–H and O–H groups in total. The maximum absolute atomic E-state index is 12.6. The van der Waals surface area contributed by atoms with Crippen molar-refractivity contribution in [3.05, 3.63) is 65.2 Å². The van der Waals surface area contributed by atoms with E-state index in [0.29, 0.717) is 12.4 Å². The molecule has 0 saturated carbocycles. The third-order valence-electron chi connectivity index (χ3n) is 6.35. The first kappa shape index (κ1) is 29.4. The fourth-order valence-electron chi connectivity index (χ4n) is 4.19. The van der Waals surface area contributed by atoms with E-state index in [1.54, 1.807) is 31.4 Å². The van der Waals surface area contributed by atoms with Gasteiger partial charge in [0.2, 0.25) is 0 Å². The summed E-state index contributed by atoms with van der Waals surface area (Å²) in [4.78, 5) is 25.2. The van der Waals surface area contributed by atoms with Gasteiger partial charge in [-0.3, -0.25) is 0 Å². The van der Waals surface area contributed by atoms with Crippen molar-refractivity contribution in [1.29, 1.82) is 0 Å². The normalized spacial score (nSPS) is 10.7. The minimum absolute atomic E-state index is 0.0956. The van der Waals surface area contributed by atoms with Crippen LogP contribution in [0, 0.1) is 0 Å². The lowest BCUT2D eigenvalue weighted by molar-refractivity contribution is 0.0436. The molecule has 36 heavy (non-hydrogen) atoms. The number of hydrogen-bond donors (Lipinski definition) is 0. The Morgan fingerprint density at radius 1 is 0.639 bits per heavy atom. The fourth-order valence-corrected chi connectivity index (χ4v) is 4.19. The van der Waals surface area contributed by atoms with Crippen LogP contribution in [0.15, 0.2) is 48.5 Å². The van der Waals surface area contributed by atoms with Gasteiger partial charge in [-0.05, 0) is 36.2 Å². The predicted molar refractivity (Wildman–Crippen MR) is 145 cm³/mol. The maximum Gasteiger partial charge on any atom is 0.339 e. The summed E-state index contributed by atoms with van der Waals surface area (Å²) < 4.78 is 16.1. The standard InChI is InChI=1S/C31H44O5/c1-3-4-5-6-7-8-9-10-11-12-13-14-17-23-35-30(32)28-21-15-16-22-29(28)31(33)36-25-26-19-18-20-27(24-26)34-2/h15-16,18-22,24H,3-14,17,23,25H2,1-2H3. The summed E-state index contributed by atoms with van der Waals surface area (Å²) >= 11 is 0. The number of carbonyl (C=O) groups excluding carboxylic acids is 2. The molecule has 0 saturated heterocycles. The highest BCUT2D eigenvalue weighted by Crippen LogP contribution is 2.17. The van der Waals surface area contributed by atoms with E-state index in [9.17, 15) is 9.59 Å². The zero-order valence-electron chi connectivity index (χ0n) is 22.3. The smallest absolute Gasteiger partial charge is 0.339 e. The van der Waals surface area contributed by atoms with Crippen molar-refractivity contribution >= 4 is 11.9 Å². The highest BCUT2D eigenvalue weighted by Gasteiger charge is 2.19. The zero-order chi connectivity index (χ0) is 25.8. The molecule has 0 aliphatic heterocycles. The van der Waals surface area contributed by atoms with Crippen molar-refractivity contribution in [2.24, 2.45) is 0 Å². The number of ether oxygens (including phenoxy) is 3. The number of esters is 2. The van der Waals surface area contributed by atoms with Crippen LogP contribution >= 0.6 is 0 Å². The van der Waals surface area contributed by atoms with Crippen molar-refractivity contribution in [1.82, 2.24) is 0 Å². The van der Waals surface area contributed by atoms with Gasteiger partial charge >= 0.3 is 11.9 Å². The molecule has 5 nitrogen and oxygen atoms in total. The van der Waals surface area contributed by atoms with Crippen LogP contribution in [0.3, 0.4) is 0 Å². The summed E-state index contributed by atoms with van der Waals surface area (Å²) in [7, 11) is 1.59. The van der Waals surface area contributed by atoms with Crippen molar-refractivity contribution in [2.45, 2.75) is 97.0 Å². The highest BCUT2D eigenvalue weighted by molar-refractivity contribution is 6.03. The molecule has 0 radical (unpaired) electrons. The van der Waals surface area contributed by atoms with Crippen LogP contribution in [0.1, 0.15) is 117 Å². The average molecular weight is 497 g/mol. The van der Waals surface area contributed by atoms with Gasteiger partial charge in [-0.1, -0.05) is 108 Å². The second kappa shape index (κ2) is 18.4. The van der Waals surface area contributed by atoms with Gasteiger partial charge in [-0.2, -0.15) is 0 Å². The Morgan fingerprint density at radius 3 is 1.72 bits per heavy atom. The Morgan fingerprint density at radius 2 is 1.17 bits per heavy atom. The fraction of sp³-hybridized carbons (Fsp3) is 0.548. The van der Waals surface area contributed by atoms with Crippen LogP contribution in [-0.2, 0) is 16.1 Å². The van der Waals surface area contributed by atoms with Gasteiger partial charge in [0.15, 0.2) is 0 Å². The zero-order valence-corrected chi connectivity index (χ0v) is 22.3. The highest BCUT2D eigenvalue weighted by atomic mass is 16.5. The van der Waals surface area contributed by atoms with Crippen molar-refractivity contribution < 1.29 is 23.8 Å². The number of carbonyl (C=O) groups is 2. The summed E-state index contributed by atoms with van der Waals surface area (Å²) in [5.41, 5.74) is 1.27. The molecule has 0 aliphatic carbocycles. The molecule has 198 valence electrons. The first-order valence-electron chi connectivity index (χ1n) is 13.7. The number of hydrogen-bond acceptors (Lipinski definition) is 5. The molecule has 2 aromatic carbocycles. The van der Waals surface area contributed by atoms with Crippen LogP contribution in [-0.4, -0.2) is 25.7 Å². The van der Waals surface area contributed by atoms with Gasteiger partial charge < -0.3 is 14.2 Å². The first-order chi connectivity index (χ1) is 17.7. The van der Waals surface area contributed by atoms with Gasteiger partial charge in [0, 0.05) is 0 Å². The van der Waals surface area contributed by atoms with Crippen LogP contribution in [0.4, 0.5) is 0 Å². The lowest BCUT2D eigenvalue weighted by Crippen LogP contribution is -2.14. The summed E-state index contributed by atoms with van der Waals surface area (Å²) in [5.74, 6) is -0.338. The van der Waals surface area contributed by atoms with E-state index in [-0.39, 0.29) is 17.7 Å². The van der Waals surface area contributed by atoms with E-state index in [2.05, 4.69) is 6.92 Å². The molecule has 0 unspecified atom stereocenters. The Kier molecular flexibility index (Phi) is 15.1. The monoisotopic (exact) mass is 496 g/mol. The van der Waals surface area contributed by atoms with E-state index >= 15 is 0 Å². The molecular formula is C31H44O5. The molecule has 0 spiro atoms. The molecule has 0 aliphatic rings. The molecule has 2 aromatic rings. The third-order valence-corrected chi connectivity index (χ3v) is 6.35. The summed E-state index contributed by atoms with van der Waals surface area (Å²) in [6.45, 7) is 2.72. The Bertz CT molecular complexity index is 892. The lowest BCUT2D eigenvalue weighted by atomic mass is 10.0. The van der Waals surface area contributed by atoms with E-state index in [0.717, 1.165) is 18.4 Å². The largest absolute Gasteiger partial charge is 0.497 e. The Balaban J connectivity index is 1.61. The van der Waals surface area contributed by atoms with Crippen LogP contribution in [0.2, 0.25) is 0 Å². The molecule has 0 heterocycles. The molecule has 0 aromatic heterocycles. The summed E-state index contributed by atoms with van der Waals surface area (Å²) in [6, 6.07) is 14.0. The van der Waals surface area contributed by atoms with Gasteiger partial charge in [-0.25, -0.2) is 9.59 Å². The molecule has 2 rings (SSSR count). The van der Waals surface area contributed by atoms with Crippen LogP contribution in [0.25, 0.3) is 0 Å². The number of benzene rings is 2. The van der Waals surface area contributed by atoms with Crippen molar-refractivity contribution in [3.63, 3.8) is 0 Å². The van der Waals surface area contributed by atoms with Crippen LogP contribution < -0.4 is 4.74 Å². The van der Waals surface area contributed by atoms with E-state index in [1.165, 1.54) is 70.6 Å². The number of rotatable bonds is 19. The third kappa shape index (κ3) is 11.7. The number of unbranched alkanes of at least 4 members (excludes halogenated alkanes) is 12. The van der Waals surface area contributed by atoms with Gasteiger partial charge in [0.25, 0.3) is 0 Å². The van der Waals surface area contributed by atoms with Gasteiger partial charge in [0.1, 0.15) is 12.4 Å². The second-order valence-corrected chi connectivity index (χ2v) is 9.35. The van der Waals surface area contributed by atoms with E-state index in [4.69, 9.17) is 14.2 Å². The minimum atomic E-state index is -0.550. The number of methoxy groups -OCH3 is 1. The van der Waals surface area contributed by atoms with Gasteiger partial charge in [-0.15, -0.1) is 0 Å². The van der Waals surface area contributed by atoms with Gasteiger partial charge in [0.05, 0.1) is 24.8 Å². The molecule has 5 heteroatoms. The topological polar surface area (TPSA) is 61.8 Å². The molecule has 0 bridgehead atoms. The molecular weight excluding hydrogens is 452 g/mol. The predicted octanol–water partition coefficient (Wildman–Crippen LogP) is 8.30. The van der Waals surface area contributed by atoms with E-state index in [1.807, 2.05) is 24.3 Å². The second-order valence-electron chi connectivity index (χ2n) is 9.35. The lowest BCUT2D eigenvalue weighted by Gasteiger charge is -2.10. The quantitative estimate of drug-likeness (QED) is 0.145. The summed E-state index contributed by atoms with van der Waals surface area (Å²) in [6.07, 6.45) is 16.5. The molecule has 0 atom stereocenters. The average Bonchev–Trinajstić information content (AvgIpc) is 2.91. The first-order valence-corrected chi connectivity index (χ1v) is 13.7. The summed E-state index contributed by atoms with van der Waals surface area (Å²) in [5, 5.41) is 0. The molecule has 0 fully saturated rings. The van der Waals surface area contributed by atoms with E-state index < -0.39 is 11.9 Å². The Hall–Kier alpha value is -2.82. The molecule has 0 amide bonds. The van der Waals surface area contributed by atoms with Crippen molar-refractivity contribution in [2.75, 3.05) is 13.7 Å².